The van der Waals surface area contributed by atoms with Crippen molar-refractivity contribution in [3.05, 3.63) is 72.0 Å². The standard InChI is InChI=1S/C17H17NO2/c18-15(10-12-6-2-1-3-7-12)17(19)14-11-20-16-9-5-4-8-13(14)16/h1-9,11,15,17,19H,10,18H2. The molecule has 3 N–H and O–H groups in total. The fourth-order valence-electron chi connectivity index (χ4n) is 2.46. The van der Waals surface area contributed by atoms with Crippen LogP contribution in [0.25, 0.3) is 11.0 Å². The van der Waals surface area contributed by atoms with Crippen LogP contribution in [0.15, 0.2) is 65.3 Å². The average Bonchev–Trinajstić information content (AvgIpc) is 2.91. The van der Waals surface area contributed by atoms with Crippen LogP contribution in [0.3, 0.4) is 0 Å². The summed E-state index contributed by atoms with van der Waals surface area (Å²) < 4.78 is 5.45. The molecule has 2 aromatic carbocycles. The van der Waals surface area contributed by atoms with Crippen LogP contribution in [0.2, 0.25) is 0 Å². The van der Waals surface area contributed by atoms with Gasteiger partial charge in [0, 0.05) is 17.0 Å². The molecule has 2 unspecified atom stereocenters. The molecule has 1 heterocycles. The first-order chi connectivity index (χ1) is 9.75. The average molecular weight is 267 g/mol. The van der Waals surface area contributed by atoms with Gasteiger partial charge < -0.3 is 15.3 Å². The number of aliphatic hydroxyl groups is 1. The van der Waals surface area contributed by atoms with E-state index in [-0.39, 0.29) is 6.04 Å². The quantitative estimate of drug-likeness (QED) is 0.764. The zero-order chi connectivity index (χ0) is 13.9. The van der Waals surface area contributed by atoms with E-state index in [4.69, 9.17) is 10.2 Å². The SMILES string of the molecule is NC(Cc1ccccc1)C(O)c1coc2ccccc12. The lowest BCUT2D eigenvalue weighted by Gasteiger charge is -2.18. The Labute approximate surface area is 117 Å². The highest BCUT2D eigenvalue weighted by atomic mass is 16.3. The summed E-state index contributed by atoms with van der Waals surface area (Å²) in [6, 6.07) is 17.2. The van der Waals surface area contributed by atoms with Gasteiger partial charge in [-0.05, 0) is 18.1 Å². The highest BCUT2D eigenvalue weighted by Gasteiger charge is 2.21. The molecule has 102 valence electrons. The normalized spacial score (nSPS) is 14.3. The Hall–Kier alpha value is -2.10. The molecular formula is C17H17NO2. The first-order valence-corrected chi connectivity index (χ1v) is 6.69. The fourth-order valence-corrected chi connectivity index (χ4v) is 2.46. The molecule has 0 saturated carbocycles. The number of rotatable bonds is 4. The molecule has 0 fully saturated rings. The van der Waals surface area contributed by atoms with Crippen molar-refractivity contribution >= 4 is 11.0 Å². The molecule has 0 aliphatic rings. The van der Waals surface area contributed by atoms with Gasteiger partial charge in [0.05, 0.1) is 12.4 Å². The number of nitrogens with two attached hydrogens (primary N) is 1. The van der Waals surface area contributed by atoms with Gasteiger partial charge in [0.25, 0.3) is 0 Å². The van der Waals surface area contributed by atoms with Crippen LogP contribution in [0, 0.1) is 0 Å². The molecule has 0 saturated heterocycles. The lowest BCUT2D eigenvalue weighted by Crippen LogP contribution is -2.30. The lowest BCUT2D eigenvalue weighted by atomic mass is 9.96. The summed E-state index contributed by atoms with van der Waals surface area (Å²) in [6.07, 6.45) is 1.49. The molecule has 3 aromatic rings. The monoisotopic (exact) mass is 267 g/mol. The predicted molar refractivity (Wildman–Crippen MR) is 79.3 cm³/mol. The number of furan rings is 1. The van der Waals surface area contributed by atoms with E-state index in [0.717, 1.165) is 22.1 Å². The minimum Gasteiger partial charge on any atom is -0.464 e. The van der Waals surface area contributed by atoms with Crippen molar-refractivity contribution in [2.24, 2.45) is 5.73 Å². The van der Waals surface area contributed by atoms with Crippen molar-refractivity contribution in [1.29, 1.82) is 0 Å². The smallest absolute Gasteiger partial charge is 0.134 e. The first-order valence-electron chi connectivity index (χ1n) is 6.69. The van der Waals surface area contributed by atoms with E-state index < -0.39 is 6.10 Å². The maximum absolute atomic E-state index is 10.5. The van der Waals surface area contributed by atoms with Gasteiger partial charge in [0.2, 0.25) is 0 Å². The topological polar surface area (TPSA) is 59.4 Å². The van der Waals surface area contributed by atoms with Gasteiger partial charge >= 0.3 is 0 Å². The molecule has 0 spiro atoms. The van der Waals surface area contributed by atoms with Crippen LogP contribution in [0.5, 0.6) is 0 Å². The number of para-hydroxylation sites is 1. The third-order valence-electron chi connectivity index (χ3n) is 3.55. The summed E-state index contributed by atoms with van der Waals surface area (Å²) in [5.41, 5.74) is 8.78. The van der Waals surface area contributed by atoms with Gasteiger partial charge in [-0.15, -0.1) is 0 Å². The number of fused-ring (bicyclic) bond motifs is 1. The molecule has 1 aromatic heterocycles. The van der Waals surface area contributed by atoms with E-state index in [1.54, 1.807) is 6.26 Å². The molecule has 3 rings (SSSR count). The highest BCUT2D eigenvalue weighted by molar-refractivity contribution is 5.81. The summed E-state index contributed by atoms with van der Waals surface area (Å²) in [6.45, 7) is 0. The van der Waals surface area contributed by atoms with Crippen LogP contribution in [-0.4, -0.2) is 11.1 Å². The Kier molecular flexibility index (Phi) is 3.54. The van der Waals surface area contributed by atoms with Crippen LogP contribution >= 0.6 is 0 Å². The fraction of sp³-hybridized carbons (Fsp3) is 0.176. The Morgan fingerprint density at radius 1 is 1.00 bits per heavy atom. The first kappa shape index (κ1) is 12.9. The van der Waals surface area contributed by atoms with Crippen molar-refractivity contribution in [2.75, 3.05) is 0 Å². The molecule has 3 heteroatoms. The molecule has 0 aliphatic heterocycles. The zero-order valence-electron chi connectivity index (χ0n) is 11.1. The molecule has 0 radical (unpaired) electrons. The Bertz CT molecular complexity index is 690. The van der Waals surface area contributed by atoms with Crippen molar-refractivity contribution in [1.82, 2.24) is 0 Å². The van der Waals surface area contributed by atoms with E-state index in [2.05, 4.69) is 0 Å². The van der Waals surface area contributed by atoms with Crippen LogP contribution in [0.1, 0.15) is 17.2 Å². The van der Waals surface area contributed by atoms with Gasteiger partial charge in [-0.3, -0.25) is 0 Å². The third kappa shape index (κ3) is 2.46. The zero-order valence-corrected chi connectivity index (χ0v) is 11.1. The van der Waals surface area contributed by atoms with Gasteiger partial charge in [-0.1, -0.05) is 48.5 Å². The molecule has 2 atom stereocenters. The van der Waals surface area contributed by atoms with E-state index in [1.165, 1.54) is 0 Å². The highest BCUT2D eigenvalue weighted by Crippen LogP contribution is 2.28. The van der Waals surface area contributed by atoms with Crippen molar-refractivity contribution in [3.63, 3.8) is 0 Å². The minimum absolute atomic E-state index is 0.363. The van der Waals surface area contributed by atoms with E-state index in [9.17, 15) is 5.11 Å². The summed E-state index contributed by atoms with van der Waals surface area (Å²) in [4.78, 5) is 0. The lowest BCUT2D eigenvalue weighted by molar-refractivity contribution is 0.146. The van der Waals surface area contributed by atoms with Gasteiger partial charge in [0.1, 0.15) is 5.58 Å². The molecule has 0 amide bonds. The van der Waals surface area contributed by atoms with Gasteiger partial charge in [0.15, 0.2) is 0 Å². The molecule has 20 heavy (non-hydrogen) atoms. The third-order valence-corrected chi connectivity index (χ3v) is 3.55. The second-order valence-electron chi connectivity index (χ2n) is 4.99. The van der Waals surface area contributed by atoms with Gasteiger partial charge in [-0.25, -0.2) is 0 Å². The Morgan fingerprint density at radius 2 is 1.70 bits per heavy atom. The summed E-state index contributed by atoms with van der Waals surface area (Å²) in [7, 11) is 0. The summed E-state index contributed by atoms with van der Waals surface area (Å²) in [5.74, 6) is 0. The number of benzene rings is 2. The maximum Gasteiger partial charge on any atom is 0.134 e. The number of hydrogen-bond donors (Lipinski definition) is 2. The molecule has 3 nitrogen and oxygen atoms in total. The van der Waals surface area contributed by atoms with E-state index >= 15 is 0 Å². The summed E-state index contributed by atoms with van der Waals surface area (Å²) in [5, 5.41) is 11.4. The maximum atomic E-state index is 10.5. The Balaban J connectivity index is 1.83. The second kappa shape index (κ2) is 5.49. The van der Waals surface area contributed by atoms with Crippen LogP contribution in [-0.2, 0) is 6.42 Å². The van der Waals surface area contributed by atoms with Crippen LogP contribution < -0.4 is 5.73 Å². The van der Waals surface area contributed by atoms with Gasteiger partial charge in [-0.2, -0.15) is 0 Å². The predicted octanol–water partition coefficient (Wildman–Crippen LogP) is 3.04. The van der Waals surface area contributed by atoms with E-state index in [0.29, 0.717) is 6.42 Å². The van der Waals surface area contributed by atoms with Crippen molar-refractivity contribution in [2.45, 2.75) is 18.6 Å². The summed E-state index contributed by atoms with van der Waals surface area (Å²) >= 11 is 0. The second-order valence-corrected chi connectivity index (χ2v) is 4.99. The number of hydrogen-bond acceptors (Lipinski definition) is 3. The Morgan fingerprint density at radius 3 is 2.50 bits per heavy atom. The van der Waals surface area contributed by atoms with Crippen LogP contribution in [0.4, 0.5) is 0 Å². The van der Waals surface area contributed by atoms with Crippen molar-refractivity contribution < 1.29 is 9.52 Å². The molecule has 0 aliphatic carbocycles. The van der Waals surface area contributed by atoms with Crippen molar-refractivity contribution in [3.8, 4) is 0 Å². The van der Waals surface area contributed by atoms with E-state index in [1.807, 2.05) is 54.6 Å². The molecule has 0 bridgehead atoms. The largest absolute Gasteiger partial charge is 0.464 e. The molecular weight excluding hydrogens is 250 g/mol. The minimum atomic E-state index is -0.737. The number of aliphatic hydroxyl groups excluding tert-OH is 1.